The molecule has 0 saturated carbocycles. The first-order chi connectivity index (χ1) is 14.9. The maximum absolute atomic E-state index is 13.1. The SMILES string of the molecule is O=C1c2c(O)c(=O)c(C(O)=[NH+]Cc3ccc(F)cc3)cn2C[C@@H]2N1CCC1CCCN12. The molecule has 162 valence electrons. The van der Waals surface area contributed by atoms with E-state index in [9.17, 15) is 24.2 Å². The maximum Gasteiger partial charge on any atom is 0.371 e. The van der Waals surface area contributed by atoms with Crippen LogP contribution in [0.25, 0.3) is 0 Å². The van der Waals surface area contributed by atoms with Gasteiger partial charge in [0.25, 0.3) is 5.91 Å². The van der Waals surface area contributed by atoms with Crippen LogP contribution in [0, 0.1) is 5.82 Å². The molecule has 2 fully saturated rings. The monoisotopic (exact) mass is 427 g/mol. The van der Waals surface area contributed by atoms with Gasteiger partial charge in [0.1, 0.15) is 12.0 Å². The lowest BCUT2D eigenvalue weighted by atomic mass is 10.0. The Bertz CT molecular complexity index is 1130. The van der Waals surface area contributed by atoms with E-state index in [0.29, 0.717) is 24.7 Å². The Morgan fingerprint density at radius 2 is 1.94 bits per heavy atom. The molecule has 9 heteroatoms. The molecule has 31 heavy (non-hydrogen) atoms. The van der Waals surface area contributed by atoms with Crippen molar-refractivity contribution in [3.8, 4) is 5.75 Å². The van der Waals surface area contributed by atoms with Gasteiger partial charge in [-0.1, -0.05) is 0 Å². The van der Waals surface area contributed by atoms with Crippen molar-refractivity contribution in [2.45, 2.75) is 44.6 Å². The van der Waals surface area contributed by atoms with Crippen LogP contribution in [-0.2, 0) is 13.1 Å². The minimum Gasteiger partial charge on any atom is -0.503 e. The molecule has 4 heterocycles. The van der Waals surface area contributed by atoms with Crippen LogP contribution in [0.4, 0.5) is 4.39 Å². The van der Waals surface area contributed by atoms with Crippen molar-refractivity contribution in [3.63, 3.8) is 0 Å². The lowest BCUT2D eigenvalue weighted by Crippen LogP contribution is -2.72. The van der Waals surface area contributed by atoms with E-state index >= 15 is 0 Å². The Kier molecular flexibility index (Phi) is 4.77. The molecule has 1 aromatic carbocycles. The third-order valence-corrected chi connectivity index (χ3v) is 6.58. The highest BCUT2D eigenvalue weighted by Gasteiger charge is 2.45. The smallest absolute Gasteiger partial charge is 0.371 e. The van der Waals surface area contributed by atoms with Gasteiger partial charge < -0.3 is 19.7 Å². The first kappa shape index (κ1) is 19.7. The van der Waals surface area contributed by atoms with E-state index in [2.05, 4.69) is 9.89 Å². The summed E-state index contributed by atoms with van der Waals surface area (Å²) in [5, 5.41) is 21.0. The molecule has 1 unspecified atom stereocenters. The van der Waals surface area contributed by atoms with Crippen LogP contribution in [0.5, 0.6) is 5.75 Å². The number of hydrogen-bond acceptors (Lipinski definition) is 4. The van der Waals surface area contributed by atoms with Crippen LogP contribution >= 0.6 is 0 Å². The van der Waals surface area contributed by atoms with E-state index in [1.165, 1.54) is 18.3 Å². The number of nitrogens with zero attached hydrogens (tertiary/aromatic N) is 3. The number of pyridine rings is 1. The molecule has 1 amide bonds. The van der Waals surface area contributed by atoms with Crippen molar-refractivity contribution in [1.82, 2.24) is 14.4 Å². The van der Waals surface area contributed by atoms with Crippen LogP contribution in [0.1, 0.15) is 40.9 Å². The molecule has 2 saturated heterocycles. The Labute approximate surface area is 177 Å². The zero-order chi connectivity index (χ0) is 21.7. The predicted octanol–water partition coefficient (Wildman–Crippen LogP) is -0.0716. The van der Waals surface area contributed by atoms with Crippen LogP contribution in [0.3, 0.4) is 0 Å². The quantitative estimate of drug-likeness (QED) is 0.470. The summed E-state index contributed by atoms with van der Waals surface area (Å²) in [5.74, 6) is -1.78. The third-order valence-electron chi connectivity index (χ3n) is 6.58. The summed E-state index contributed by atoms with van der Waals surface area (Å²) in [6.07, 6.45) is 4.42. The Morgan fingerprint density at radius 3 is 2.71 bits per heavy atom. The van der Waals surface area contributed by atoms with Gasteiger partial charge in [0.15, 0.2) is 23.6 Å². The van der Waals surface area contributed by atoms with Crippen LogP contribution < -0.4 is 10.4 Å². The Hall–Kier alpha value is -3.20. The molecule has 5 rings (SSSR count). The highest BCUT2D eigenvalue weighted by atomic mass is 19.1. The number of aliphatic hydroxyl groups excluding tert-OH is 1. The molecule has 2 atom stereocenters. The van der Waals surface area contributed by atoms with Gasteiger partial charge in [0.05, 0.1) is 6.54 Å². The summed E-state index contributed by atoms with van der Waals surface area (Å²) in [6, 6.07) is 6.20. The fourth-order valence-corrected chi connectivity index (χ4v) is 5.00. The van der Waals surface area contributed by atoms with Crippen molar-refractivity contribution in [2.75, 3.05) is 13.1 Å². The second kappa shape index (κ2) is 7.49. The van der Waals surface area contributed by atoms with Crippen molar-refractivity contribution in [2.24, 2.45) is 0 Å². The molecule has 3 aliphatic heterocycles. The predicted molar refractivity (Wildman–Crippen MR) is 109 cm³/mol. The zero-order valence-electron chi connectivity index (χ0n) is 16.9. The van der Waals surface area contributed by atoms with Crippen molar-refractivity contribution in [3.05, 3.63) is 63.3 Å². The molecule has 3 N–H and O–H groups in total. The van der Waals surface area contributed by atoms with Gasteiger partial charge in [-0.3, -0.25) is 14.5 Å². The molecule has 3 aliphatic rings. The van der Waals surface area contributed by atoms with E-state index < -0.39 is 17.1 Å². The van der Waals surface area contributed by atoms with Crippen molar-refractivity contribution >= 4 is 11.8 Å². The molecule has 2 aromatic rings. The van der Waals surface area contributed by atoms with E-state index in [1.54, 1.807) is 21.6 Å². The average Bonchev–Trinajstić information content (AvgIpc) is 3.25. The van der Waals surface area contributed by atoms with Gasteiger partial charge in [-0.25, -0.2) is 9.38 Å². The second-order valence-electron chi connectivity index (χ2n) is 8.35. The van der Waals surface area contributed by atoms with Crippen LogP contribution in [0.15, 0.2) is 35.3 Å². The number of nitrogens with one attached hydrogen (secondary N) is 1. The minimum absolute atomic E-state index is 0.0334. The number of aromatic nitrogens is 1. The molecule has 1 aromatic heterocycles. The first-order valence-corrected chi connectivity index (χ1v) is 10.5. The lowest BCUT2D eigenvalue weighted by Gasteiger charge is -2.48. The minimum atomic E-state index is -0.807. The fraction of sp³-hybridized carbons (Fsp3) is 0.409. The van der Waals surface area contributed by atoms with Gasteiger partial charge >= 0.3 is 5.90 Å². The topological polar surface area (TPSA) is 100.0 Å². The highest BCUT2D eigenvalue weighted by Crippen LogP contribution is 2.34. The third kappa shape index (κ3) is 3.29. The summed E-state index contributed by atoms with van der Waals surface area (Å²) in [4.78, 5) is 32.6. The lowest BCUT2D eigenvalue weighted by molar-refractivity contribution is -0.483. The van der Waals surface area contributed by atoms with E-state index in [-0.39, 0.29) is 35.7 Å². The average molecular weight is 427 g/mol. The Morgan fingerprint density at radius 1 is 1.16 bits per heavy atom. The van der Waals surface area contributed by atoms with Gasteiger partial charge in [0.2, 0.25) is 5.43 Å². The molecule has 0 radical (unpaired) electrons. The number of amides is 1. The number of rotatable bonds is 3. The number of benzene rings is 1. The number of halogens is 1. The zero-order valence-corrected chi connectivity index (χ0v) is 16.9. The summed E-state index contributed by atoms with van der Waals surface area (Å²) in [7, 11) is 0. The van der Waals surface area contributed by atoms with Crippen molar-refractivity contribution in [1.29, 1.82) is 0 Å². The first-order valence-electron chi connectivity index (χ1n) is 10.5. The standard InChI is InChI=1S/C22H23FN4O4/c23-14-5-3-13(4-6-14)10-24-21(30)16-11-25-12-17-26-8-1-2-15(26)7-9-27(17)22(31)18(25)20(29)19(16)28/h3-6,11,15,17,29H,1-2,7-10,12H2,(H,24,30)/p+1/t15?,17-/m0/s1. The highest BCUT2D eigenvalue weighted by molar-refractivity contribution is 5.97. The summed E-state index contributed by atoms with van der Waals surface area (Å²) >= 11 is 0. The molecular weight excluding hydrogens is 403 g/mol. The van der Waals surface area contributed by atoms with Crippen LogP contribution in [-0.4, -0.2) is 61.7 Å². The fourth-order valence-electron chi connectivity index (χ4n) is 5.00. The number of aliphatic hydroxyl groups is 1. The molecule has 0 spiro atoms. The second-order valence-corrected chi connectivity index (χ2v) is 8.35. The molecular formula is C22H24FN4O4+. The summed E-state index contributed by atoms with van der Waals surface area (Å²) in [6.45, 7) is 2.11. The number of hydrogen-bond donors (Lipinski definition) is 3. The largest absolute Gasteiger partial charge is 0.503 e. The van der Waals surface area contributed by atoms with Gasteiger partial charge in [0, 0.05) is 30.9 Å². The maximum atomic E-state index is 13.1. The van der Waals surface area contributed by atoms with E-state index in [1.807, 2.05) is 0 Å². The number of aromatic hydroxyl groups is 1. The van der Waals surface area contributed by atoms with Gasteiger partial charge in [-0.05, 0) is 43.5 Å². The van der Waals surface area contributed by atoms with E-state index in [4.69, 9.17) is 0 Å². The van der Waals surface area contributed by atoms with E-state index in [0.717, 1.165) is 25.8 Å². The van der Waals surface area contributed by atoms with Gasteiger partial charge in [-0.15, -0.1) is 0 Å². The van der Waals surface area contributed by atoms with Crippen LogP contribution in [0.2, 0.25) is 0 Å². The number of fused-ring (bicyclic) bond motifs is 4. The number of carbonyl (C=O) groups excluding carboxylic acids is 1. The number of carbonyl (C=O) groups is 1. The summed E-state index contributed by atoms with van der Waals surface area (Å²) in [5.41, 5.74) is -0.242. The molecule has 0 bridgehead atoms. The Balaban J connectivity index is 1.49. The van der Waals surface area contributed by atoms with Gasteiger partial charge in [-0.2, -0.15) is 0 Å². The molecule has 8 nitrogen and oxygen atoms in total. The normalized spacial score (nSPS) is 23.5. The summed E-state index contributed by atoms with van der Waals surface area (Å²) < 4.78 is 14.6. The molecule has 0 aliphatic carbocycles. The van der Waals surface area contributed by atoms with Crippen molar-refractivity contribution < 1.29 is 24.4 Å².